The maximum Gasteiger partial charge on any atom is 0.254 e. The van der Waals surface area contributed by atoms with Crippen LogP contribution in [0.5, 0.6) is 0 Å². The van der Waals surface area contributed by atoms with Crippen molar-refractivity contribution in [2.75, 3.05) is 31.1 Å². The summed E-state index contributed by atoms with van der Waals surface area (Å²) >= 11 is 6.03. The van der Waals surface area contributed by atoms with Crippen molar-refractivity contribution in [2.24, 2.45) is 5.41 Å². The zero-order valence-electron chi connectivity index (χ0n) is 18.1. The molecule has 2 saturated carbocycles. The molecule has 0 amide bonds. The Kier molecular flexibility index (Phi) is 4.87. The van der Waals surface area contributed by atoms with E-state index < -0.39 is 0 Å². The van der Waals surface area contributed by atoms with Crippen LogP contribution in [0.15, 0.2) is 29.1 Å². The lowest BCUT2D eigenvalue weighted by Crippen LogP contribution is -2.49. The Balaban J connectivity index is 1.09. The van der Waals surface area contributed by atoms with Gasteiger partial charge in [0.1, 0.15) is 5.82 Å². The van der Waals surface area contributed by atoms with Gasteiger partial charge >= 0.3 is 0 Å². The average molecular weight is 439 g/mol. The normalized spacial score (nSPS) is 27.5. The van der Waals surface area contributed by atoms with Gasteiger partial charge in [-0.3, -0.25) is 9.69 Å². The smallest absolute Gasteiger partial charge is 0.254 e. The number of benzene rings is 1. The van der Waals surface area contributed by atoms with Gasteiger partial charge in [0.2, 0.25) is 0 Å². The number of H-pyrrole nitrogens is 1. The van der Waals surface area contributed by atoms with Crippen molar-refractivity contribution >= 4 is 17.3 Å². The minimum absolute atomic E-state index is 0.144. The van der Waals surface area contributed by atoms with Crippen molar-refractivity contribution in [3.63, 3.8) is 0 Å². The fourth-order valence-electron chi connectivity index (χ4n) is 6.13. The van der Waals surface area contributed by atoms with E-state index in [2.05, 4.69) is 26.9 Å². The van der Waals surface area contributed by atoms with Gasteiger partial charge in [-0.15, -0.1) is 0 Å². The minimum Gasteiger partial charge on any atom is -0.369 e. The van der Waals surface area contributed by atoms with E-state index in [1.165, 1.54) is 31.4 Å². The Labute approximate surface area is 188 Å². The van der Waals surface area contributed by atoms with Crippen LogP contribution >= 0.6 is 11.6 Å². The van der Waals surface area contributed by atoms with Gasteiger partial charge in [-0.05, 0) is 81.0 Å². The molecule has 1 aromatic heterocycles. The third-order valence-corrected chi connectivity index (χ3v) is 8.59. The number of nitrogens with zero attached hydrogens (tertiary/aromatic N) is 3. The van der Waals surface area contributed by atoms with Crippen LogP contribution in [0.3, 0.4) is 0 Å². The van der Waals surface area contributed by atoms with E-state index in [0.29, 0.717) is 17.4 Å². The third kappa shape index (κ3) is 3.80. The molecule has 1 aliphatic heterocycles. The van der Waals surface area contributed by atoms with E-state index in [1.54, 1.807) is 0 Å². The fraction of sp³-hybridized carbons (Fsp3) is 0.600. The van der Waals surface area contributed by atoms with Crippen molar-refractivity contribution in [3.05, 3.63) is 56.7 Å². The van der Waals surface area contributed by atoms with Crippen LogP contribution in [0.1, 0.15) is 61.5 Å². The number of hydrogen-bond donors (Lipinski definition) is 1. The van der Waals surface area contributed by atoms with Crippen molar-refractivity contribution in [1.29, 1.82) is 0 Å². The molecule has 164 valence electrons. The highest BCUT2D eigenvalue weighted by atomic mass is 35.5. The molecule has 2 aromatic rings. The molecule has 0 bridgehead atoms. The van der Waals surface area contributed by atoms with Crippen molar-refractivity contribution in [3.8, 4) is 0 Å². The third-order valence-electron chi connectivity index (χ3n) is 8.33. The molecular weight excluding hydrogens is 408 g/mol. The zero-order valence-corrected chi connectivity index (χ0v) is 18.8. The van der Waals surface area contributed by atoms with Crippen molar-refractivity contribution < 1.29 is 0 Å². The van der Waals surface area contributed by atoms with Crippen LogP contribution in [0, 0.1) is 5.41 Å². The number of aromatic nitrogens is 2. The number of halogens is 1. The molecule has 1 aromatic carbocycles. The molecule has 4 aliphatic rings. The average Bonchev–Trinajstić information content (AvgIpc) is 3.35. The fourth-order valence-corrected chi connectivity index (χ4v) is 6.26. The predicted octanol–water partition coefficient (Wildman–Crippen LogP) is 4.15. The summed E-state index contributed by atoms with van der Waals surface area (Å²) in [5.41, 5.74) is 3.94. The largest absolute Gasteiger partial charge is 0.369 e. The SMILES string of the molecule is O=c1[nH]c([C@H]2CC[C@H](N3CCN(c4ccc(Cl)cc4)CC3)C2)nc2c1CC1(CC2)CC1. The Hall–Kier alpha value is -1.85. The molecule has 0 unspecified atom stereocenters. The predicted molar refractivity (Wildman–Crippen MR) is 124 cm³/mol. The first-order valence-electron chi connectivity index (χ1n) is 12.0. The molecule has 2 heterocycles. The van der Waals surface area contributed by atoms with Crippen LogP contribution in [-0.4, -0.2) is 47.1 Å². The zero-order chi connectivity index (χ0) is 21.0. The number of aryl methyl sites for hydroxylation is 1. The lowest BCUT2D eigenvalue weighted by Gasteiger charge is -2.39. The Morgan fingerprint density at radius 1 is 1.03 bits per heavy atom. The van der Waals surface area contributed by atoms with Crippen molar-refractivity contribution in [1.82, 2.24) is 14.9 Å². The number of nitrogens with one attached hydrogen (secondary N) is 1. The number of piperazine rings is 1. The summed E-state index contributed by atoms with van der Waals surface area (Å²) < 4.78 is 0. The molecule has 2 atom stereocenters. The number of anilines is 1. The first kappa shape index (κ1) is 19.8. The Morgan fingerprint density at radius 3 is 2.55 bits per heavy atom. The molecule has 5 nitrogen and oxygen atoms in total. The highest BCUT2D eigenvalue weighted by molar-refractivity contribution is 6.30. The first-order valence-corrected chi connectivity index (χ1v) is 12.3. The van der Waals surface area contributed by atoms with Crippen LogP contribution in [0.4, 0.5) is 5.69 Å². The first-order chi connectivity index (χ1) is 15.1. The van der Waals surface area contributed by atoms with Gasteiger partial charge < -0.3 is 9.88 Å². The molecule has 3 aliphatic carbocycles. The number of rotatable bonds is 3. The van der Waals surface area contributed by atoms with E-state index in [0.717, 1.165) is 74.0 Å². The van der Waals surface area contributed by atoms with Gasteiger partial charge in [0.25, 0.3) is 5.56 Å². The highest BCUT2D eigenvalue weighted by Gasteiger charge is 2.46. The maximum absolute atomic E-state index is 12.8. The quantitative estimate of drug-likeness (QED) is 0.782. The summed E-state index contributed by atoms with van der Waals surface area (Å²) in [6.07, 6.45) is 9.22. The Morgan fingerprint density at radius 2 is 1.81 bits per heavy atom. The lowest BCUT2D eigenvalue weighted by atomic mass is 9.84. The monoisotopic (exact) mass is 438 g/mol. The van der Waals surface area contributed by atoms with Gasteiger partial charge in [-0.2, -0.15) is 0 Å². The molecule has 0 radical (unpaired) electrons. The molecule has 1 spiro atoms. The van der Waals surface area contributed by atoms with Gasteiger partial charge in [-0.25, -0.2) is 4.98 Å². The van der Waals surface area contributed by atoms with Crippen LogP contribution in [0.25, 0.3) is 0 Å². The summed E-state index contributed by atoms with van der Waals surface area (Å²) in [7, 11) is 0. The Bertz CT molecular complexity index is 1020. The van der Waals surface area contributed by atoms with Gasteiger partial charge in [-0.1, -0.05) is 11.6 Å². The topological polar surface area (TPSA) is 52.2 Å². The second-order valence-corrected chi connectivity index (χ2v) is 10.7. The number of fused-ring (bicyclic) bond motifs is 1. The van der Waals surface area contributed by atoms with Gasteiger partial charge in [0.15, 0.2) is 0 Å². The molecule has 6 heteroatoms. The molecular formula is C25H31ClN4O. The standard InChI is InChI=1S/C25H31ClN4O/c26-18-2-5-19(6-3-18)29-11-13-30(14-12-29)20-4-1-17(15-20)23-27-22-7-8-25(9-10-25)16-21(22)24(31)28-23/h2-3,5-6,17,20H,1,4,7-16H2,(H,27,28,31)/t17-,20-/m0/s1. The van der Waals surface area contributed by atoms with Gasteiger partial charge in [0.05, 0.1) is 5.69 Å². The van der Waals surface area contributed by atoms with E-state index in [4.69, 9.17) is 16.6 Å². The lowest BCUT2D eigenvalue weighted by molar-refractivity contribution is 0.186. The highest BCUT2D eigenvalue weighted by Crippen LogP contribution is 2.54. The minimum atomic E-state index is 0.144. The van der Waals surface area contributed by atoms with Crippen LogP contribution in [0.2, 0.25) is 5.02 Å². The summed E-state index contributed by atoms with van der Waals surface area (Å²) in [6.45, 7) is 4.30. The summed E-state index contributed by atoms with van der Waals surface area (Å²) in [6, 6.07) is 8.79. The second kappa shape index (κ2) is 7.63. The van der Waals surface area contributed by atoms with Crippen LogP contribution in [-0.2, 0) is 12.8 Å². The molecule has 31 heavy (non-hydrogen) atoms. The van der Waals surface area contributed by atoms with E-state index in [9.17, 15) is 4.79 Å². The van der Waals surface area contributed by atoms with Crippen LogP contribution < -0.4 is 10.5 Å². The number of aromatic amines is 1. The summed E-state index contributed by atoms with van der Waals surface area (Å²) in [5.74, 6) is 1.35. The van der Waals surface area contributed by atoms with E-state index in [1.807, 2.05) is 12.1 Å². The van der Waals surface area contributed by atoms with E-state index in [-0.39, 0.29) is 5.56 Å². The molecule has 6 rings (SSSR count). The number of hydrogen-bond acceptors (Lipinski definition) is 4. The van der Waals surface area contributed by atoms with E-state index >= 15 is 0 Å². The van der Waals surface area contributed by atoms with Crippen molar-refractivity contribution in [2.45, 2.75) is 63.3 Å². The summed E-state index contributed by atoms with van der Waals surface area (Å²) in [4.78, 5) is 26.1. The van der Waals surface area contributed by atoms with Gasteiger partial charge in [0, 0.05) is 54.4 Å². The molecule has 1 saturated heterocycles. The maximum atomic E-state index is 12.8. The molecule has 3 fully saturated rings. The molecule has 1 N–H and O–H groups in total. The summed E-state index contributed by atoms with van der Waals surface area (Å²) in [5, 5.41) is 0.792. The second-order valence-electron chi connectivity index (χ2n) is 10.2.